The third kappa shape index (κ3) is 4.94. The van der Waals surface area contributed by atoms with Crippen LogP contribution >= 0.6 is 0 Å². The summed E-state index contributed by atoms with van der Waals surface area (Å²) in [6, 6.07) is 8.12. The van der Waals surface area contributed by atoms with Crippen LogP contribution in [-0.2, 0) is 0 Å². The first-order chi connectivity index (χ1) is 11.3. The lowest BCUT2D eigenvalue weighted by Crippen LogP contribution is -2.45. The Morgan fingerprint density at radius 2 is 2.17 bits per heavy atom. The number of amides is 1. The molecular weight excluding hydrogens is 327 g/mol. The Bertz CT molecular complexity index is 565. The predicted octanol–water partition coefficient (Wildman–Crippen LogP) is 3.37. The molecule has 1 heterocycles. The molecule has 1 amide bonds. The van der Waals surface area contributed by atoms with E-state index in [1.807, 2.05) is 18.2 Å². The van der Waals surface area contributed by atoms with Crippen LogP contribution in [0.2, 0.25) is 25.7 Å². The van der Waals surface area contributed by atoms with E-state index in [1.165, 1.54) is 0 Å². The SMILES string of the molecule is C[Si](C)(C)CCN(C(=O)O)C1CNCC1c1cccc(OCF)c1. The van der Waals surface area contributed by atoms with Crippen molar-refractivity contribution in [1.29, 1.82) is 0 Å². The number of hydrogen-bond acceptors (Lipinski definition) is 3. The zero-order chi connectivity index (χ0) is 17.7. The Balaban J connectivity index is 2.17. The third-order valence-corrected chi connectivity index (χ3v) is 6.16. The molecule has 2 atom stereocenters. The summed E-state index contributed by atoms with van der Waals surface area (Å²) >= 11 is 0. The van der Waals surface area contributed by atoms with Crippen LogP contribution in [-0.4, -0.2) is 56.7 Å². The van der Waals surface area contributed by atoms with E-state index >= 15 is 0 Å². The lowest BCUT2D eigenvalue weighted by Gasteiger charge is -2.32. The van der Waals surface area contributed by atoms with Crippen LogP contribution in [0.1, 0.15) is 11.5 Å². The van der Waals surface area contributed by atoms with E-state index in [4.69, 9.17) is 4.74 Å². The summed E-state index contributed by atoms with van der Waals surface area (Å²) in [7, 11) is -1.32. The number of alkyl halides is 1. The van der Waals surface area contributed by atoms with Gasteiger partial charge in [0.2, 0.25) is 6.86 Å². The molecule has 1 aromatic rings. The Morgan fingerprint density at radius 1 is 1.42 bits per heavy atom. The van der Waals surface area contributed by atoms with Gasteiger partial charge < -0.3 is 20.1 Å². The zero-order valence-electron chi connectivity index (χ0n) is 14.6. The fourth-order valence-electron chi connectivity index (χ4n) is 3.09. The van der Waals surface area contributed by atoms with Gasteiger partial charge in [0.05, 0.1) is 6.04 Å². The number of carbonyl (C=O) groups is 1. The van der Waals surface area contributed by atoms with Gasteiger partial charge in [0, 0.05) is 33.6 Å². The number of benzene rings is 1. The van der Waals surface area contributed by atoms with Crippen LogP contribution in [0.4, 0.5) is 9.18 Å². The van der Waals surface area contributed by atoms with Crippen molar-refractivity contribution in [3.05, 3.63) is 29.8 Å². The highest BCUT2D eigenvalue weighted by Crippen LogP contribution is 2.30. The van der Waals surface area contributed by atoms with E-state index in [-0.39, 0.29) is 12.0 Å². The molecule has 2 rings (SSSR count). The molecule has 0 saturated carbocycles. The number of nitrogens with one attached hydrogen (secondary N) is 1. The summed E-state index contributed by atoms with van der Waals surface area (Å²) in [5.74, 6) is 0.524. The molecule has 1 saturated heterocycles. The summed E-state index contributed by atoms with van der Waals surface area (Å²) in [4.78, 5) is 13.4. The van der Waals surface area contributed by atoms with Gasteiger partial charge in [0.25, 0.3) is 0 Å². The smallest absolute Gasteiger partial charge is 0.407 e. The van der Waals surface area contributed by atoms with Crippen molar-refractivity contribution in [3.8, 4) is 5.75 Å². The number of rotatable bonds is 7. The van der Waals surface area contributed by atoms with E-state index in [0.29, 0.717) is 25.4 Å². The third-order valence-electron chi connectivity index (χ3n) is 4.44. The highest BCUT2D eigenvalue weighted by atomic mass is 28.3. The van der Waals surface area contributed by atoms with Crippen molar-refractivity contribution in [2.24, 2.45) is 0 Å². The maximum absolute atomic E-state index is 12.4. The first-order valence-electron chi connectivity index (χ1n) is 8.31. The Hall–Kier alpha value is -1.60. The average Bonchev–Trinajstić information content (AvgIpc) is 2.96. The molecule has 0 radical (unpaired) electrons. The van der Waals surface area contributed by atoms with Gasteiger partial charge in [0.1, 0.15) is 5.75 Å². The molecule has 7 heteroatoms. The Morgan fingerprint density at radius 3 is 2.79 bits per heavy atom. The molecule has 24 heavy (non-hydrogen) atoms. The second kappa shape index (κ2) is 7.98. The lowest BCUT2D eigenvalue weighted by molar-refractivity contribution is 0.127. The topological polar surface area (TPSA) is 61.8 Å². The molecule has 0 aliphatic carbocycles. The molecule has 1 aliphatic heterocycles. The lowest BCUT2D eigenvalue weighted by atomic mass is 9.93. The average molecular weight is 354 g/mol. The van der Waals surface area contributed by atoms with E-state index in [2.05, 4.69) is 25.0 Å². The van der Waals surface area contributed by atoms with Gasteiger partial charge in [-0.15, -0.1) is 0 Å². The molecular formula is C17H27FN2O3Si. The summed E-state index contributed by atoms with van der Waals surface area (Å²) in [5.41, 5.74) is 0.982. The Kier molecular flexibility index (Phi) is 6.23. The second-order valence-electron chi connectivity index (χ2n) is 7.44. The van der Waals surface area contributed by atoms with Crippen LogP contribution in [0, 0.1) is 0 Å². The second-order valence-corrected chi connectivity index (χ2v) is 13.1. The van der Waals surface area contributed by atoms with Gasteiger partial charge in [-0.25, -0.2) is 9.18 Å². The number of halogens is 1. The highest BCUT2D eigenvalue weighted by Gasteiger charge is 2.36. The minimum Gasteiger partial charge on any atom is -0.465 e. The molecule has 2 unspecified atom stereocenters. The molecule has 0 spiro atoms. The molecule has 2 N–H and O–H groups in total. The fraction of sp³-hybridized carbons (Fsp3) is 0.588. The van der Waals surface area contributed by atoms with Gasteiger partial charge in [0.15, 0.2) is 0 Å². The first kappa shape index (κ1) is 18.7. The van der Waals surface area contributed by atoms with Crippen LogP contribution in [0.25, 0.3) is 0 Å². The van der Waals surface area contributed by atoms with Gasteiger partial charge >= 0.3 is 6.09 Å². The number of ether oxygens (including phenoxy) is 1. The number of hydrogen-bond donors (Lipinski definition) is 2. The molecule has 0 bridgehead atoms. The molecule has 5 nitrogen and oxygen atoms in total. The summed E-state index contributed by atoms with van der Waals surface area (Å²) < 4.78 is 17.3. The van der Waals surface area contributed by atoms with Crippen LogP contribution in [0.15, 0.2) is 24.3 Å². The summed E-state index contributed by atoms with van der Waals surface area (Å²) in [5, 5.41) is 13.0. The van der Waals surface area contributed by atoms with E-state index in [9.17, 15) is 14.3 Å². The minimum atomic E-state index is -1.32. The summed E-state index contributed by atoms with van der Waals surface area (Å²) in [6.07, 6.45) is -0.872. The van der Waals surface area contributed by atoms with Crippen molar-refractivity contribution in [3.63, 3.8) is 0 Å². The fourth-order valence-corrected chi connectivity index (χ4v) is 4.00. The van der Waals surface area contributed by atoms with Crippen molar-refractivity contribution in [1.82, 2.24) is 10.2 Å². The van der Waals surface area contributed by atoms with Gasteiger partial charge in [-0.3, -0.25) is 0 Å². The normalized spacial score (nSPS) is 20.8. The highest BCUT2D eigenvalue weighted by molar-refractivity contribution is 6.76. The molecule has 1 fully saturated rings. The van der Waals surface area contributed by atoms with Gasteiger partial charge in [-0.1, -0.05) is 31.8 Å². The maximum Gasteiger partial charge on any atom is 0.407 e. The van der Waals surface area contributed by atoms with Gasteiger partial charge in [-0.05, 0) is 23.7 Å². The predicted molar refractivity (Wildman–Crippen MR) is 95.3 cm³/mol. The summed E-state index contributed by atoms with van der Waals surface area (Å²) in [6.45, 7) is 7.78. The van der Waals surface area contributed by atoms with Crippen molar-refractivity contribution >= 4 is 14.2 Å². The van der Waals surface area contributed by atoms with Crippen LogP contribution in [0.3, 0.4) is 0 Å². The van der Waals surface area contributed by atoms with E-state index < -0.39 is 21.0 Å². The van der Waals surface area contributed by atoms with E-state index in [1.54, 1.807) is 11.0 Å². The van der Waals surface area contributed by atoms with Crippen LogP contribution in [0.5, 0.6) is 5.75 Å². The number of nitrogens with zero attached hydrogens (tertiary/aromatic N) is 1. The van der Waals surface area contributed by atoms with Crippen LogP contribution < -0.4 is 10.1 Å². The van der Waals surface area contributed by atoms with Crippen molar-refractivity contribution < 1.29 is 19.0 Å². The van der Waals surface area contributed by atoms with E-state index in [0.717, 1.165) is 11.6 Å². The Labute approximate surface area is 143 Å². The monoisotopic (exact) mass is 354 g/mol. The molecule has 134 valence electrons. The van der Waals surface area contributed by atoms with Crippen molar-refractivity contribution in [2.75, 3.05) is 26.5 Å². The maximum atomic E-state index is 12.4. The largest absolute Gasteiger partial charge is 0.465 e. The standard InChI is InChI=1S/C17H27FN2O3Si/c1-24(2,3)8-7-20(17(21)22)16-11-19-10-15(16)13-5-4-6-14(9-13)23-12-18/h4-6,9,15-16,19H,7-8,10-12H2,1-3H3,(H,21,22). The quantitative estimate of drug-likeness (QED) is 0.737. The first-order valence-corrected chi connectivity index (χ1v) is 12.0. The van der Waals surface area contributed by atoms with Gasteiger partial charge in [-0.2, -0.15) is 0 Å². The van der Waals surface area contributed by atoms with Crippen molar-refractivity contribution in [2.45, 2.75) is 37.6 Å². The molecule has 0 aromatic heterocycles. The minimum absolute atomic E-state index is 0.0471. The molecule has 1 aliphatic rings. The number of carboxylic acid groups (broad SMARTS) is 1. The molecule has 1 aromatic carbocycles. The zero-order valence-corrected chi connectivity index (χ0v) is 15.6.